The molecule has 0 saturated carbocycles. The summed E-state index contributed by atoms with van der Waals surface area (Å²) in [7, 11) is 0. The van der Waals surface area contributed by atoms with Gasteiger partial charge in [-0.25, -0.2) is 0 Å². The first-order valence-electron chi connectivity index (χ1n) is 7.20. The SMILES string of the molecule is CCOc1ccccc1NCCC(=O)Nc1cccc(Cl)c1. The monoisotopic (exact) mass is 318 g/mol. The van der Waals surface area contributed by atoms with E-state index < -0.39 is 0 Å². The highest BCUT2D eigenvalue weighted by atomic mass is 35.5. The summed E-state index contributed by atoms with van der Waals surface area (Å²) in [6.45, 7) is 3.07. The number of ether oxygens (including phenoxy) is 1. The molecule has 4 nitrogen and oxygen atoms in total. The fourth-order valence-corrected chi connectivity index (χ4v) is 2.18. The van der Waals surface area contributed by atoms with Crippen LogP contribution >= 0.6 is 11.6 Å². The molecule has 0 spiro atoms. The highest BCUT2D eigenvalue weighted by Crippen LogP contribution is 2.23. The van der Waals surface area contributed by atoms with Crippen molar-refractivity contribution in [1.82, 2.24) is 0 Å². The van der Waals surface area contributed by atoms with Gasteiger partial charge in [0, 0.05) is 23.7 Å². The second-order valence-corrected chi connectivity index (χ2v) is 5.10. The number of amides is 1. The fourth-order valence-electron chi connectivity index (χ4n) is 1.99. The summed E-state index contributed by atoms with van der Waals surface area (Å²) >= 11 is 5.88. The molecule has 2 aromatic rings. The molecule has 0 unspecified atom stereocenters. The van der Waals surface area contributed by atoms with Crippen LogP contribution in [0, 0.1) is 0 Å². The molecule has 2 rings (SSSR count). The largest absolute Gasteiger partial charge is 0.492 e. The normalized spacial score (nSPS) is 10.1. The molecular weight excluding hydrogens is 300 g/mol. The van der Waals surface area contributed by atoms with Crippen LogP contribution in [0.5, 0.6) is 5.75 Å². The third-order valence-electron chi connectivity index (χ3n) is 2.96. The third kappa shape index (κ3) is 4.97. The Bertz CT molecular complexity index is 632. The van der Waals surface area contributed by atoms with Crippen molar-refractivity contribution in [3.05, 3.63) is 53.6 Å². The number of nitrogens with one attached hydrogen (secondary N) is 2. The summed E-state index contributed by atoms with van der Waals surface area (Å²) in [5.41, 5.74) is 1.59. The van der Waals surface area contributed by atoms with Crippen molar-refractivity contribution < 1.29 is 9.53 Å². The number of hydrogen-bond donors (Lipinski definition) is 2. The Morgan fingerprint density at radius 1 is 1.18 bits per heavy atom. The Labute approximate surface area is 135 Å². The van der Waals surface area contributed by atoms with E-state index in [0.29, 0.717) is 30.3 Å². The molecule has 0 aliphatic heterocycles. The number of rotatable bonds is 7. The maximum absolute atomic E-state index is 11.9. The van der Waals surface area contributed by atoms with Crippen LogP contribution < -0.4 is 15.4 Å². The summed E-state index contributed by atoms with van der Waals surface area (Å²) in [4.78, 5) is 11.9. The highest BCUT2D eigenvalue weighted by molar-refractivity contribution is 6.30. The van der Waals surface area contributed by atoms with Gasteiger partial charge in [-0.2, -0.15) is 0 Å². The second kappa shape index (κ2) is 8.29. The van der Waals surface area contributed by atoms with E-state index >= 15 is 0 Å². The average Bonchev–Trinajstić information content (AvgIpc) is 2.49. The van der Waals surface area contributed by atoms with Crippen LogP contribution in [-0.2, 0) is 4.79 Å². The van der Waals surface area contributed by atoms with E-state index in [4.69, 9.17) is 16.3 Å². The van der Waals surface area contributed by atoms with Crippen LogP contribution in [0.4, 0.5) is 11.4 Å². The number of para-hydroxylation sites is 2. The molecule has 0 aromatic heterocycles. The van der Waals surface area contributed by atoms with Gasteiger partial charge in [0.1, 0.15) is 5.75 Å². The van der Waals surface area contributed by atoms with Crippen LogP contribution in [0.25, 0.3) is 0 Å². The Kier molecular flexibility index (Phi) is 6.10. The number of benzene rings is 2. The Hall–Kier alpha value is -2.20. The summed E-state index contributed by atoms with van der Waals surface area (Å²) in [6.07, 6.45) is 0.354. The van der Waals surface area contributed by atoms with Crippen LogP contribution in [0.2, 0.25) is 5.02 Å². The first kappa shape index (κ1) is 16.2. The zero-order valence-corrected chi connectivity index (χ0v) is 13.2. The van der Waals surface area contributed by atoms with E-state index in [2.05, 4.69) is 10.6 Å². The minimum Gasteiger partial charge on any atom is -0.492 e. The fraction of sp³-hybridized carbons (Fsp3) is 0.235. The van der Waals surface area contributed by atoms with Gasteiger partial charge in [-0.15, -0.1) is 0 Å². The molecule has 2 N–H and O–H groups in total. The molecule has 0 bridgehead atoms. The van der Waals surface area contributed by atoms with E-state index in [0.717, 1.165) is 11.4 Å². The number of carbonyl (C=O) groups excluding carboxylic acids is 1. The van der Waals surface area contributed by atoms with Gasteiger partial charge < -0.3 is 15.4 Å². The zero-order valence-electron chi connectivity index (χ0n) is 12.4. The van der Waals surface area contributed by atoms with E-state index in [1.54, 1.807) is 18.2 Å². The molecule has 0 radical (unpaired) electrons. The van der Waals surface area contributed by atoms with E-state index in [1.165, 1.54) is 0 Å². The third-order valence-corrected chi connectivity index (χ3v) is 3.20. The molecule has 2 aromatic carbocycles. The Morgan fingerprint density at radius 2 is 2.00 bits per heavy atom. The van der Waals surface area contributed by atoms with Gasteiger partial charge >= 0.3 is 0 Å². The van der Waals surface area contributed by atoms with Gasteiger partial charge in [0.05, 0.1) is 12.3 Å². The van der Waals surface area contributed by atoms with E-state index in [1.807, 2.05) is 37.3 Å². The van der Waals surface area contributed by atoms with Crippen molar-refractivity contribution >= 4 is 28.9 Å². The van der Waals surface area contributed by atoms with Crippen molar-refractivity contribution in [3.8, 4) is 5.75 Å². The lowest BCUT2D eigenvalue weighted by molar-refractivity contribution is -0.115. The maximum Gasteiger partial charge on any atom is 0.226 e. The van der Waals surface area contributed by atoms with E-state index in [-0.39, 0.29) is 5.91 Å². The molecule has 0 saturated heterocycles. The molecule has 0 aliphatic carbocycles. The van der Waals surface area contributed by atoms with Crippen LogP contribution in [0.15, 0.2) is 48.5 Å². The average molecular weight is 319 g/mol. The highest BCUT2D eigenvalue weighted by Gasteiger charge is 2.05. The minimum absolute atomic E-state index is 0.0661. The lowest BCUT2D eigenvalue weighted by atomic mass is 10.2. The molecule has 0 aliphatic rings. The Balaban J connectivity index is 1.82. The summed E-state index contributed by atoms with van der Waals surface area (Å²) in [5.74, 6) is 0.726. The van der Waals surface area contributed by atoms with Crippen molar-refractivity contribution in [2.45, 2.75) is 13.3 Å². The summed E-state index contributed by atoms with van der Waals surface area (Å²) < 4.78 is 5.53. The minimum atomic E-state index is -0.0661. The number of carbonyl (C=O) groups is 1. The number of hydrogen-bond acceptors (Lipinski definition) is 3. The smallest absolute Gasteiger partial charge is 0.226 e. The topological polar surface area (TPSA) is 50.4 Å². The Morgan fingerprint density at radius 3 is 2.77 bits per heavy atom. The van der Waals surface area contributed by atoms with Gasteiger partial charge in [-0.1, -0.05) is 29.8 Å². The van der Waals surface area contributed by atoms with Crippen molar-refractivity contribution in [3.63, 3.8) is 0 Å². The lowest BCUT2D eigenvalue weighted by Crippen LogP contribution is -2.16. The van der Waals surface area contributed by atoms with Gasteiger partial charge in [0.2, 0.25) is 5.91 Å². The predicted molar refractivity (Wildman–Crippen MR) is 90.8 cm³/mol. The van der Waals surface area contributed by atoms with E-state index in [9.17, 15) is 4.79 Å². The van der Waals surface area contributed by atoms with Crippen LogP contribution in [0.3, 0.4) is 0 Å². The lowest BCUT2D eigenvalue weighted by Gasteiger charge is -2.12. The predicted octanol–water partition coefficient (Wildman–Crippen LogP) is 4.18. The molecule has 116 valence electrons. The first-order valence-corrected chi connectivity index (χ1v) is 7.58. The van der Waals surface area contributed by atoms with Gasteiger partial charge in [-0.3, -0.25) is 4.79 Å². The molecule has 0 fully saturated rings. The molecule has 22 heavy (non-hydrogen) atoms. The summed E-state index contributed by atoms with van der Waals surface area (Å²) in [6, 6.07) is 14.8. The van der Waals surface area contributed by atoms with Gasteiger partial charge in [0.25, 0.3) is 0 Å². The maximum atomic E-state index is 11.9. The van der Waals surface area contributed by atoms with Crippen molar-refractivity contribution in [2.75, 3.05) is 23.8 Å². The second-order valence-electron chi connectivity index (χ2n) is 4.66. The van der Waals surface area contributed by atoms with Crippen molar-refractivity contribution in [1.29, 1.82) is 0 Å². The molecule has 1 amide bonds. The molecule has 0 atom stereocenters. The first-order chi connectivity index (χ1) is 10.7. The van der Waals surface area contributed by atoms with Crippen molar-refractivity contribution in [2.24, 2.45) is 0 Å². The molecule has 5 heteroatoms. The van der Waals surface area contributed by atoms with Crippen LogP contribution in [0.1, 0.15) is 13.3 Å². The standard InChI is InChI=1S/C17H19ClN2O2/c1-2-22-16-9-4-3-8-15(16)19-11-10-17(21)20-14-7-5-6-13(18)12-14/h3-9,12,19H,2,10-11H2,1H3,(H,20,21). The quantitative estimate of drug-likeness (QED) is 0.805. The number of anilines is 2. The van der Waals surface area contributed by atoms with Crippen LogP contribution in [-0.4, -0.2) is 19.1 Å². The van der Waals surface area contributed by atoms with Gasteiger partial charge in [-0.05, 0) is 37.3 Å². The van der Waals surface area contributed by atoms with Gasteiger partial charge in [0.15, 0.2) is 0 Å². The number of halogens is 1. The molecular formula is C17H19ClN2O2. The summed E-state index contributed by atoms with van der Waals surface area (Å²) in [5, 5.41) is 6.63. The zero-order chi connectivity index (χ0) is 15.8. The molecule has 0 heterocycles.